The van der Waals surface area contributed by atoms with Gasteiger partial charge in [-0.3, -0.25) is 23.4 Å². The third-order valence-electron chi connectivity index (χ3n) is 12.2. The fourth-order valence-electron chi connectivity index (χ4n) is 7.69. The number of allylic oxidation sites excluding steroid dienone is 18. The molecule has 0 aromatic carbocycles. The van der Waals surface area contributed by atoms with E-state index in [-0.39, 0.29) is 25.9 Å². The SMILES string of the molecule is CC/C=C\C/C=C\C/C=C\C/C=C\C/C=C\CCCCCC(=O)OC(COC(=O)CCCCCCCCC/C=C\C/C=C\C/C=C\CC)COP(=O)(O)OCC(CO)OC(=O)CCCCCCC/C=C\CCCCCC. The van der Waals surface area contributed by atoms with Crippen molar-refractivity contribution < 1.29 is 52.2 Å². The van der Waals surface area contributed by atoms with Crippen LogP contribution in [0.5, 0.6) is 0 Å². The summed E-state index contributed by atoms with van der Waals surface area (Å²) in [6, 6.07) is 0. The lowest BCUT2D eigenvalue weighted by Gasteiger charge is -2.21. The smallest absolute Gasteiger partial charge is 0.462 e. The predicted octanol–water partition coefficient (Wildman–Crippen LogP) is 17.8. The predicted molar refractivity (Wildman–Crippen MR) is 316 cm³/mol. The van der Waals surface area contributed by atoms with Crippen molar-refractivity contribution in [3.05, 3.63) is 109 Å². The van der Waals surface area contributed by atoms with Gasteiger partial charge >= 0.3 is 25.7 Å². The minimum Gasteiger partial charge on any atom is -0.462 e. The molecular weight excluding hydrogens is 976 g/mol. The van der Waals surface area contributed by atoms with E-state index in [4.69, 9.17) is 23.3 Å². The van der Waals surface area contributed by atoms with Crippen LogP contribution in [0.3, 0.4) is 0 Å². The summed E-state index contributed by atoms with van der Waals surface area (Å²) in [7, 11) is -4.77. The molecule has 0 aliphatic carbocycles. The van der Waals surface area contributed by atoms with E-state index in [0.29, 0.717) is 19.3 Å². The molecule has 12 heteroatoms. The molecule has 3 atom stereocenters. The lowest BCUT2D eigenvalue weighted by atomic mass is 10.1. The summed E-state index contributed by atoms with van der Waals surface area (Å²) in [6.07, 6.45) is 69.0. The zero-order valence-electron chi connectivity index (χ0n) is 47.9. The first-order chi connectivity index (χ1) is 37.2. The van der Waals surface area contributed by atoms with Gasteiger partial charge in [-0.1, -0.05) is 207 Å². The molecule has 0 spiro atoms. The Balaban J connectivity index is 4.82. The quantitative estimate of drug-likeness (QED) is 0.0197. The molecule has 0 saturated carbocycles. The lowest BCUT2D eigenvalue weighted by molar-refractivity contribution is -0.161. The van der Waals surface area contributed by atoms with Crippen LogP contribution in [-0.2, 0) is 42.2 Å². The highest BCUT2D eigenvalue weighted by Gasteiger charge is 2.28. The summed E-state index contributed by atoms with van der Waals surface area (Å²) in [5.74, 6) is -1.53. The maximum Gasteiger partial charge on any atom is 0.472 e. The van der Waals surface area contributed by atoms with Gasteiger partial charge in [0.2, 0.25) is 0 Å². The Labute approximate surface area is 463 Å². The van der Waals surface area contributed by atoms with Gasteiger partial charge in [0.25, 0.3) is 0 Å². The topological polar surface area (TPSA) is 155 Å². The Hall–Kier alpha value is -3.86. The minimum atomic E-state index is -4.77. The molecule has 0 aromatic heterocycles. The molecule has 0 aliphatic heterocycles. The fraction of sp³-hybridized carbons (Fsp3) is 0.672. The van der Waals surface area contributed by atoms with Crippen LogP contribution in [0.4, 0.5) is 0 Å². The first-order valence-electron chi connectivity index (χ1n) is 29.8. The Kier molecular flexibility index (Phi) is 54.4. The van der Waals surface area contributed by atoms with Crippen LogP contribution in [0.2, 0.25) is 0 Å². The van der Waals surface area contributed by atoms with Gasteiger partial charge in [-0.2, -0.15) is 0 Å². The Bertz CT molecular complexity index is 1690. The number of ether oxygens (including phenoxy) is 3. The minimum absolute atomic E-state index is 0.121. The van der Waals surface area contributed by atoms with Gasteiger partial charge < -0.3 is 24.2 Å². The van der Waals surface area contributed by atoms with Crippen LogP contribution >= 0.6 is 7.82 Å². The Morgan fingerprint density at radius 2 is 0.684 bits per heavy atom. The summed E-state index contributed by atoms with van der Waals surface area (Å²) in [5.41, 5.74) is 0. The highest BCUT2D eigenvalue weighted by molar-refractivity contribution is 7.47. The van der Waals surface area contributed by atoms with E-state index in [2.05, 4.69) is 130 Å². The number of unbranched alkanes of at least 4 members (excludes halogenated alkanes) is 19. The molecule has 0 amide bonds. The number of hydrogen-bond donors (Lipinski definition) is 2. The van der Waals surface area contributed by atoms with E-state index in [1.54, 1.807) is 0 Å². The molecule has 0 rings (SSSR count). The first-order valence-corrected chi connectivity index (χ1v) is 31.3. The average Bonchev–Trinajstić information content (AvgIpc) is 3.41. The van der Waals surface area contributed by atoms with Gasteiger partial charge in [-0.25, -0.2) is 4.57 Å². The summed E-state index contributed by atoms with van der Waals surface area (Å²) in [4.78, 5) is 48.6. The second-order valence-corrected chi connectivity index (χ2v) is 20.8. The molecule has 0 aliphatic rings. The normalized spacial score (nSPS) is 14.1. The molecule has 0 aromatic rings. The molecule has 76 heavy (non-hydrogen) atoms. The zero-order valence-corrected chi connectivity index (χ0v) is 48.8. The molecule has 0 bridgehead atoms. The highest BCUT2D eigenvalue weighted by atomic mass is 31.2. The van der Waals surface area contributed by atoms with Gasteiger partial charge in [-0.15, -0.1) is 0 Å². The molecule has 0 saturated heterocycles. The summed E-state index contributed by atoms with van der Waals surface area (Å²) in [6.45, 7) is 4.34. The van der Waals surface area contributed by atoms with E-state index in [1.807, 2.05) is 0 Å². The van der Waals surface area contributed by atoms with Crippen LogP contribution in [-0.4, -0.2) is 66.5 Å². The van der Waals surface area contributed by atoms with E-state index in [1.165, 1.54) is 38.5 Å². The standard InChI is InChI=1S/C64H107O11P/c1-4-7-10-13-16-19-22-25-27-29-30-32-34-37-40-43-46-49-52-55-64(68)75-61(57-71-62(66)53-50-47-44-41-38-36-33-31-28-26-23-20-17-14-11-8-5-2)59-73-76(69,70)72-58-60(56-65)74-63(67)54-51-48-45-42-39-35-24-21-18-15-12-9-6-3/h7-8,10-11,16-17,19-21,24-28,30,32,37,40,60-61,65H,4-6,9,12-15,18,22-23,29,31,33-36,38-39,41-59H2,1-3H3,(H,69,70)/b10-7-,11-8-,19-16-,20-17-,24-21-,27-25-,28-26-,32-30-,40-37-. The molecule has 434 valence electrons. The van der Waals surface area contributed by atoms with Gasteiger partial charge in [-0.05, 0) is 122 Å². The second-order valence-electron chi connectivity index (χ2n) is 19.4. The van der Waals surface area contributed by atoms with E-state index < -0.39 is 57.8 Å². The monoisotopic (exact) mass is 1080 g/mol. The largest absolute Gasteiger partial charge is 0.472 e. The average molecular weight is 1080 g/mol. The van der Waals surface area contributed by atoms with Crippen molar-refractivity contribution in [1.82, 2.24) is 0 Å². The van der Waals surface area contributed by atoms with E-state index in [9.17, 15) is 28.9 Å². The molecule has 2 N–H and O–H groups in total. The lowest BCUT2D eigenvalue weighted by Crippen LogP contribution is -2.30. The molecule has 3 unspecified atom stereocenters. The number of rotatable bonds is 54. The van der Waals surface area contributed by atoms with Crippen LogP contribution < -0.4 is 0 Å². The van der Waals surface area contributed by atoms with Crippen molar-refractivity contribution in [1.29, 1.82) is 0 Å². The third kappa shape index (κ3) is 54.9. The number of esters is 3. The Morgan fingerprint density at radius 3 is 1.08 bits per heavy atom. The van der Waals surface area contributed by atoms with Crippen molar-refractivity contribution in [2.75, 3.05) is 26.4 Å². The summed E-state index contributed by atoms with van der Waals surface area (Å²) < 4.78 is 39.5. The number of aliphatic hydroxyl groups is 1. The van der Waals surface area contributed by atoms with Crippen molar-refractivity contribution in [3.63, 3.8) is 0 Å². The van der Waals surface area contributed by atoms with Gasteiger partial charge in [0.1, 0.15) is 12.7 Å². The van der Waals surface area contributed by atoms with Crippen LogP contribution in [0.25, 0.3) is 0 Å². The van der Waals surface area contributed by atoms with E-state index >= 15 is 0 Å². The molecular formula is C64H107O11P. The van der Waals surface area contributed by atoms with Crippen LogP contribution in [0, 0.1) is 0 Å². The van der Waals surface area contributed by atoms with E-state index in [0.717, 1.165) is 141 Å². The van der Waals surface area contributed by atoms with Crippen LogP contribution in [0.1, 0.15) is 239 Å². The highest BCUT2D eigenvalue weighted by Crippen LogP contribution is 2.43. The fourth-order valence-corrected chi connectivity index (χ4v) is 8.47. The zero-order chi connectivity index (χ0) is 55.5. The summed E-state index contributed by atoms with van der Waals surface area (Å²) in [5, 5.41) is 9.82. The van der Waals surface area contributed by atoms with Gasteiger partial charge in [0.15, 0.2) is 6.10 Å². The molecule has 0 fully saturated rings. The number of phosphoric ester groups is 1. The maximum absolute atomic E-state index is 12.9. The third-order valence-corrected chi connectivity index (χ3v) is 13.1. The number of carbonyl (C=O) groups excluding carboxylic acids is 3. The number of hydrogen-bond acceptors (Lipinski definition) is 10. The van der Waals surface area contributed by atoms with Gasteiger partial charge in [0, 0.05) is 19.3 Å². The van der Waals surface area contributed by atoms with Crippen LogP contribution in [0.15, 0.2) is 109 Å². The number of carbonyl (C=O) groups is 3. The van der Waals surface area contributed by atoms with Crippen molar-refractivity contribution in [2.24, 2.45) is 0 Å². The molecule has 11 nitrogen and oxygen atoms in total. The second kappa shape index (κ2) is 57.3. The first kappa shape index (κ1) is 72.1. The van der Waals surface area contributed by atoms with Crippen molar-refractivity contribution in [3.8, 4) is 0 Å². The number of phosphoric acid groups is 1. The van der Waals surface area contributed by atoms with Crippen molar-refractivity contribution in [2.45, 2.75) is 251 Å². The Morgan fingerprint density at radius 1 is 0.382 bits per heavy atom. The number of aliphatic hydroxyl groups excluding tert-OH is 1. The summed E-state index contributed by atoms with van der Waals surface area (Å²) >= 11 is 0. The molecule has 0 radical (unpaired) electrons. The molecule has 0 heterocycles. The van der Waals surface area contributed by atoms with Crippen molar-refractivity contribution >= 4 is 25.7 Å². The maximum atomic E-state index is 12.9. The van der Waals surface area contributed by atoms with Gasteiger partial charge in [0.05, 0.1) is 19.8 Å².